The Morgan fingerprint density at radius 1 is 0.912 bits per heavy atom. The Morgan fingerprint density at radius 2 is 1.59 bits per heavy atom. The summed E-state index contributed by atoms with van der Waals surface area (Å²) in [5.74, 6) is -0.951. The highest BCUT2D eigenvalue weighted by Crippen LogP contribution is 2.26. The van der Waals surface area contributed by atoms with Gasteiger partial charge in [-0.05, 0) is 60.9 Å². The number of benzene rings is 2. The maximum atomic E-state index is 13.2. The molecular weight excluding hydrogens is 475 g/mol. The van der Waals surface area contributed by atoms with E-state index in [9.17, 15) is 14.4 Å². The molecule has 1 aliphatic rings. The van der Waals surface area contributed by atoms with Gasteiger partial charge in [0.1, 0.15) is 0 Å². The molecule has 1 saturated heterocycles. The Hall–Kier alpha value is -3.29. The van der Waals surface area contributed by atoms with Crippen LogP contribution in [0, 0.1) is 0 Å². The minimum absolute atomic E-state index is 0.0168. The number of hydrogen-bond acceptors (Lipinski definition) is 5. The molecule has 2 heterocycles. The largest absolute Gasteiger partial charge is 0.339 e. The molecule has 0 aliphatic carbocycles. The molecule has 2 amide bonds. The molecule has 4 rings (SSSR count). The molecule has 3 aromatic rings. The van der Waals surface area contributed by atoms with Crippen molar-refractivity contribution in [1.29, 1.82) is 0 Å². The lowest BCUT2D eigenvalue weighted by atomic mass is 10.1. The van der Waals surface area contributed by atoms with Gasteiger partial charge >= 0.3 is 0 Å². The molecule has 0 spiro atoms. The van der Waals surface area contributed by atoms with Crippen LogP contribution in [0.2, 0.25) is 10.0 Å². The van der Waals surface area contributed by atoms with E-state index in [0.29, 0.717) is 21.3 Å². The normalized spacial score (nSPS) is 13.1. The molecule has 1 aromatic heterocycles. The standard InChI is InChI=1S/C25H22Cl2N4O3/c26-20-9-4-17(14-21(20)27)16-31(23(33)15-22(32)24-28-10-3-11-29-24)19-7-5-18(6-8-19)25(34)30-12-1-2-13-30/h3-11,14H,1-2,12-13,15-16H2. The van der Waals surface area contributed by atoms with Crippen LogP contribution in [0.1, 0.15) is 45.8 Å². The van der Waals surface area contributed by atoms with Gasteiger partial charge in [-0.3, -0.25) is 14.4 Å². The van der Waals surface area contributed by atoms with Crippen molar-refractivity contribution in [1.82, 2.24) is 14.9 Å². The maximum Gasteiger partial charge on any atom is 0.253 e. The second-order valence-corrected chi connectivity index (χ2v) is 8.76. The molecule has 1 aliphatic heterocycles. The Bertz CT molecular complexity index is 1200. The predicted octanol–water partition coefficient (Wildman–Crippen LogP) is 4.83. The lowest BCUT2D eigenvalue weighted by Gasteiger charge is -2.24. The van der Waals surface area contributed by atoms with Gasteiger partial charge in [0.15, 0.2) is 5.82 Å². The molecule has 0 radical (unpaired) electrons. The average molecular weight is 497 g/mol. The van der Waals surface area contributed by atoms with Gasteiger partial charge in [-0.2, -0.15) is 0 Å². The summed E-state index contributed by atoms with van der Waals surface area (Å²) in [5.41, 5.74) is 1.85. The summed E-state index contributed by atoms with van der Waals surface area (Å²) in [6.45, 7) is 1.68. The Balaban J connectivity index is 1.58. The van der Waals surface area contributed by atoms with Gasteiger partial charge in [-0.1, -0.05) is 29.3 Å². The summed E-state index contributed by atoms with van der Waals surface area (Å²) < 4.78 is 0. The minimum atomic E-state index is -0.481. The van der Waals surface area contributed by atoms with Crippen molar-refractivity contribution < 1.29 is 14.4 Å². The first-order valence-corrected chi connectivity index (χ1v) is 11.6. The number of carbonyl (C=O) groups excluding carboxylic acids is 3. The third kappa shape index (κ3) is 5.61. The Kier molecular flexibility index (Phi) is 7.55. The molecule has 174 valence electrons. The summed E-state index contributed by atoms with van der Waals surface area (Å²) in [6.07, 6.45) is 4.52. The zero-order valence-corrected chi connectivity index (χ0v) is 19.8. The number of anilines is 1. The van der Waals surface area contributed by atoms with Gasteiger partial charge < -0.3 is 9.80 Å². The van der Waals surface area contributed by atoms with Crippen molar-refractivity contribution in [2.24, 2.45) is 0 Å². The van der Waals surface area contributed by atoms with Crippen LogP contribution in [-0.2, 0) is 11.3 Å². The fourth-order valence-corrected chi connectivity index (χ4v) is 4.11. The van der Waals surface area contributed by atoms with Crippen LogP contribution in [-0.4, -0.2) is 45.6 Å². The van der Waals surface area contributed by atoms with E-state index < -0.39 is 18.1 Å². The quantitative estimate of drug-likeness (QED) is 0.345. The molecule has 0 bridgehead atoms. The smallest absolute Gasteiger partial charge is 0.253 e. The second-order valence-electron chi connectivity index (χ2n) is 7.95. The summed E-state index contributed by atoms with van der Waals surface area (Å²) in [5, 5.41) is 0.774. The highest BCUT2D eigenvalue weighted by atomic mass is 35.5. The van der Waals surface area contributed by atoms with E-state index in [1.54, 1.807) is 48.5 Å². The van der Waals surface area contributed by atoms with E-state index >= 15 is 0 Å². The van der Waals surface area contributed by atoms with Crippen LogP contribution in [0.5, 0.6) is 0 Å². The van der Waals surface area contributed by atoms with E-state index in [4.69, 9.17) is 23.2 Å². The van der Waals surface area contributed by atoms with E-state index in [-0.39, 0.29) is 18.3 Å². The van der Waals surface area contributed by atoms with E-state index in [1.165, 1.54) is 17.3 Å². The van der Waals surface area contributed by atoms with E-state index in [1.807, 2.05) is 4.90 Å². The van der Waals surface area contributed by atoms with Crippen LogP contribution < -0.4 is 4.90 Å². The van der Waals surface area contributed by atoms with Crippen molar-refractivity contribution in [3.63, 3.8) is 0 Å². The van der Waals surface area contributed by atoms with Crippen molar-refractivity contribution >= 4 is 46.5 Å². The van der Waals surface area contributed by atoms with Crippen LogP contribution in [0.4, 0.5) is 5.69 Å². The first-order chi connectivity index (χ1) is 16.4. The fraction of sp³-hybridized carbons (Fsp3) is 0.240. The molecule has 9 heteroatoms. The maximum absolute atomic E-state index is 13.2. The highest BCUT2D eigenvalue weighted by molar-refractivity contribution is 6.42. The number of Topliss-reactive ketones (excluding diaryl/α,β-unsaturated/α-hetero) is 1. The highest BCUT2D eigenvalue weighted by Gasteiger charge is 2.23. The second kappa shape index (κ2) is 10.8. The van der Waals surface area contributed by atoms with Gasteiger partial charge in [-0.15, -0.1) is 0 Å². The van der Waals surface area contributed by atoms with E-state index in [0.717, 1.165) is 31.5 Å². The fourth-order valence-electron chi connectivity index (χ4n) is 3.79. The zero-order chi connectivity index (χ0) is 24.1. The monoisotopic (exact) mass is 496 g/mol. The number of carbonyl (C=O) groups is 3. The third-order valence-electron chi connectivity index (χ3n) is 5.57. The molecule has 7 nitrogen and oxygen atoms in total. The first-order valence-electron chi connectivity index (χ1n) is 10.9. The third-order valence-corrected chi connectivity index (χ3v) is 6.31. The van der Waals surface area contributed by atoms with Crippen molar-refractivity contribution in [3.8, 4) is 0 Å². The van der Waals surface area contributed by atoms with Gasteiger partial charge in [-0.25, -0.2) is 9.97 Å². The number of halogens is 2. The molecule has 0 unspecified atom stereocenters. The number of amides is 2. The number of aromatic nitrogens is 2. The summed E-state index contributed by atoms with van der Waals surface area (Å²) in [4.78, 5) is 49.6. The first kappa shape index (κ1) is 23.9. The van der Waals surface area contributed by atoms with Crippen LogP contribution in [0.3, 0.4) is 0 Å². The Labute approximate surface area is 207 Å². The average Bonchev–Trinajstić information content (AvgIpc) is 3.40. The van der Waals surface area contributed by atoms with Crippen LogP contribution in [0.15, 0.2) is 60.9 Å². The molecule has 2 aromatic carbocycles. The van der Waals surface area contributed by atoms with Crippen LogP contribution in [0.25, 0.3) is 0 Å². The number of ketones is 1. The molecule has 0 N–H and O–H groups in total. The summed E-state index contributed by atoms with van der Waals surface area (Å²) in [6, 6.07) is 13.5. The summed E-state index contributed by atoms with van der Waals surface area (Å²) >= 11 is 12.2. The predicted molar refractivity (Wildman–Crippen MR) is 130 cm³/mol. The minimum Gasteiger partial charge on any atom is -0.339 e. The number of rotatable bonds is 7. The van der Waals surface area contributed by atoms with E-state index in [2.05, 4.69) is 9.97 Å². The zero-order valence-electron chi connectivity index (χ0n) is 18.3. The van der Waals surface area contributed by atoms with Crippen molar-refractivity contribution in [2.75, 3.05) is 18.0 Å². The SMILES string of the molecule is O=C(CC(=O)N(Cc1ccc(Cl)c(Cl)c1)c1ccc(C(=O)N2CCCC2)cc1)c1ncccn1. The topological polar surface area (TPSA) is 83.5 Å². The molecular formula is C25H22Cl2N4O3. The van der Waals surface area contributed by atoms with Crippen LogP contribution >= 0.6 is 23.2 Å². The Morgan fingerprint density at radius 3 is 2.24 bits per heavy atom. The number of hydrogen-bond donors (Lipinski definition) is 0. The van der Waals surface area contributed by atoms with Gasteiger partial charge in [0.25, 0.3) is 5.91 Å². The molecule has 0 atom stereocenters. The van der Waals surface area contributed by atoms with Gasteiger partial charge in [0.2, 0.25) is 11.7 Å². The lowest BCUT2D eigenvalue weighted by molar-refractivity contribution is -0.117. The van der Waals surface area contributed by atoms with Gasteiger partial charge in [0.05, 0.1) is 23.0 Å². The number of likely N-dealkylation sites (tertiary alicyclic amines) is 1. The molecule has 1 fully saturated rings. The van der Waals surface area contributed by atoms with Crippen molar-refractivity contribution in [3.05, 3.63) is 87.9 Å². The molecule has 34 heavy (non-hydrogen) atoms. The lowest BCUT2D eigenvalue weighted by Crippen LogP contribution is -2.32. The number of nitrogens with zero attached hydrogens (tertiary/aromatic N) is 4. The van der Waals surface area contributed by atoms with Gasteiger partial charge in [0, 0.05) is 36.7 Å². The van der Waals surface area contributed by atoms with Crippen molar-refractivity contribution in [2.45, 2.75) is 25.8 Å². The summed E-state index contributed by atoms with van der Waals surface area (Å²) in [7, 11) is 0. The molecule has 0 saturated carbocycles.